The number of piperidine rings is 1. The molecular weight excluding hydrogens is 391 g/mol. The van der Waals surface area contributed by atoms with Crippen molar-refractivity contribution >= 4 is 33.2 Å². The number of morpholine rings is 1. The topological polar surface area (TPSA) is 62.9 Å². The maximum absolute atomic E-state index is 14.0. The van der Waals surface area contributed by atoms with Crippen molar-refractivity contribution in [3.63, 3.8) is 0 Å². The number of carbonyl (C=O) groups is 1. The second-order valence-corrected chi connectivity index (χ2v) is 8.99. The number of fused-ring (bicyclic) bond motifs is 6. The molecule has 2 N–H and O–H groups in total. The third-order valence-electron chi connectivity index (χ3n) is 6.00. The van der Waals surface area contributed by atoms with Crippen molar-refractivity contribution in [1.82, 2.24) is 5.32 Å². The zero-order valence-electron chi connectivity index (χ0n) is 15.4. The number of benzene rings is 2. The SMILES string of the molecule is O=C(Nc1ccc(F)cc1-c1cc2ccccc2s1)O[C@H]1CC2N[C@H](C1)[C@H]1O[C@@H]21. The summed E-state index contributed by atoms with van der Waals surface area (Å²) in [4.78, 5) is 13.5. The van der Waals surface area contributed by atoms with Crippen LogP contribution in [0.1, 0.15) is 12.8 Å². The minimum atomic E-state index is -0.500. The fraction of sp³-hybridized carbons (Fsp3) is 0.318. The van der Waals surface area contributed by atoms with E-state index in [9.17, 15) is 9.18 Å². The summed E-state index contributed by atoms with van der Waals surface area (Å²) >= 11 is 1.57. The van der Waals surface area contributed by atoms with Crippen molar-refractivity contribution < 1.29 is 18.7 Å². The van der Waals surface area contributed by atoms with Crippen LogP contribution in [0.25, 0.3) is 20.5 Å². The number of nitrogens with one attached hydrogen (secondary N) is 2. The van der Waals surface area contributed by atoms with Gasteiger partial charge in [0, 0.05) is 40.1 Å². The van der Waals surface area contributed by atoms with Gasteiger partial charge in [0.25, 0.3) is 0 Å². The Morgan fingerprint density at radius 3 is 2.72 bits per heavy atom. The quantitative estimate of drug-likeness (QED) is 0.623. The summed E-state index contributed by atoms with van der Waals surface area (Å²) < 4.78 is 26.4. The molecule has 3 saturated heterocycles. The van der Waals surface area contributed by atoms with E-state index < -0.39 is 6.09 Å². The summed E-state index contributed by atoms with van der Waals surface area (Å²) in [6, 6.07) is 15.0. The molecule has 2 aromatic carbocycles. The predicted molar refractivity (Wildman–Crippen MR) is 110 cm³/mol. The minimum Gasteiger partial charge on any atom is -0.446 e. The van der Waals surface area contributed by atoms with E-state index in [4.69, 9.17) is 9.47 Å². The summed E-state index contributed by atoms with van der Waals surface area (Å²) in [6.07, 6.45) is 1.47. The molecule has 5 nitrogen and oxygen atoms in total. The van der Waals surface area contributed by atoms with Gasteiger partial charge in [-0.3, -0.25) is 5.32 Å². The second-order valence-electron chi connectivity index (χ2n) is 7.91. The molecule has 0 spiro atoms. The minimum absolute atomic E-state index is 0.129. The number of thiophene rings is 1. The summed E-state index contributed by atoms with van der Waals surface area (Å²) in [7, 11) is 0. The Kier molecular flexibility index (Phi) is 3.91. The molecule has 0 saturated carbocycles. The molecule has 29 heavy (non-hydrogen) atoms. The van der Waals surface area contributed by atoms with Crippen LogP contribution in [0.15, 0.2) is 48.5 Å². The van der Waals surface area contributed by atoms with E-state index >= 15 is 0 Å². The highest BCUT2D eigenvalue weighted by Crippen LogP contribution is 2.43. The van der Waals surface area contributed by atoms with Gasteiger partial charge in [0.2, 0.25) is 0 Å². The highest BCUT2D eigenvalue weighted by Gasteiger charge is 2.59. The lowest BCUT2D eigenvalue weighted by Crippen LogP contribution is -2.47. The number of hydrogen-bond donors (Lipinski definition) is 2. The lowest BCUT2D eigenvalue weighted by molar-refractivity contribution is 0.0554. The lowest BCUT2D eigenvalue weighted by Gasteiger charge is -2.30. The number of epoxide rings is 1. The van der Waals surface area contributed by atoms with E-state index in [0.29, 0.717) is 11.3 Å². The van der Waals surface area contributed by atoms with Crippen LogP contribution < -0.4 is 10.6 Å². The van der Waals surface area contributed by atoms with Crippen LogP contribution in [0.2, 0.25) is 0 Å². The highest BCUT2D eigenvalue weighted by molar-refractivity contribution is 7.22. The number of halogens is 1. The molecule has 4 heterocycles. The summed E-state index contributed by atoms with van der Waals surface area (Å²) in [5, 5.41) is 7.44. The largest absolute Gasteiger partial charge is 0.446 e. The third-order valence-corrected chi connectivity index (χ3v) is 7.15. The first kappa shape index (κ1) is 17.4. The van der Waals surface area contributed by atoms with Crippen molar-refractivity contribution in [3.05, 3.63) is 54.3 Å². The van der Waals surface area contributed by atoms with Crippen LogP contribution >= 0.6 is 11.3 Å². The molecule has 3 aromatic rings. The van der Waals surface area contributed by atoms with Crippen LogP contribution in [-0.4, -0.2) is 36.5 Å². The zero-order valence-corrected chi connectivity index (χ0v) is 16.2. The first-order valence-electron chi connectivity index (χ1n) is 9.82. The van der Waals surface area contributed by atoms with Gasteiger partial charge in [-0.25, -0.2) is 9.18 Å². The Labute approximate surface area is 170 Å². The maximum atomic E-state index is 14.0. The molecule has 0 aliphatic carbocycles. The average molecular weight is 410 g/mol. The molecule has 3 aliphatic rings. The van der Waals surface area contributed by atoms with Crippen molar-refractivity contribution in [3.8, 4) is 10.4 Å². The Hall–Kier alpha value is -2.48. The summed E-state index contributed by atoms with van der Waals surface area (Å²) in [5.74, 6) is -0.342. The maximum Gasteiger partial charge on any atom is 0.411 e. The van der Waals surface area contributed by atoms with Gasteiger partial charge in [-0.15, -0.1) is 11.3 Å². The van der Waals surface area contributed by atoms with Crippen LogP contribution in [0, 0.1) is 5.82 Å². The molecule has 148 valence electrons. The molecular formula is C22H19FN2O3S. The number of rotatable bonds is 3. The zero-order chi connectivity index (χ0) is 19.5. The van der Waals surface area contributed by atoms with Gasteiger partial charge in [0.05, 0.1) is 5.69 Å². The van der Waals surface area contributed by atoms with Gasteiger partial charge in [-0.2, -0.15) is 0 Å². The first-order chi connectivity index (χ1) is 14.1. The van der Waals surface area contributed by atoms with Gasteiger partial charge in [0.15, 0.2) is 0 Å². The highest BCUT2D eigenvalue weighted by atomic mass is 32.1. The molecule has 5 atom stereocenters. The van der Waals surface area contributed by atoms with Crippen molar-refractivity contribution in [2.24, 2.45) is 0 Å². The second kappa shape index (κ2) is 6.52. The molecule has 3 fully saturated rings. The third kappa shape index (κ3) is 3.10. The van der Waals surface area contributed by atoms with Crippen molar-refractivity contribution in [1.29, 1.82) is 0 Å². The molecule has 1 aromatic heterocycles. The van der Waals surface area contributed by atoms with Crippen LogP contribution in [0.5, 0.6) is 0 Å². The van der Waals surface area contributed by atoms with E-state index in [1.54, 1.807) is 17.4 Å². The molecule has 1 amide bonds. The summed E-state index contributed by atoms with van der Waals surface area (Å²) in [5.41, 5.74) is 1.20. The average Bonchev–Trinajstić information content (AvgIpc) is 3.33. The Balaban J connectivity index is 1.22. The smallest absolute Gasteiger partial charge is 0.411 e. The number of hydrogen-bond acceptors (Lipinski definition) is 5. The Morgan fingerprint density at radius 1 is 1.14 bits per heavy atom. The van der Waals surface area contributed by atoms with Gasteiger partial charge in [-0.05, 0) is 35.7 Å². The molecule has 7 heteroatoms. The van der Waals surface area contributed by atoms with E-state index in [1.165, 1.54) is 12.1 Å². The van der Waals surface area contributed by atoms with Gasteiger partial charge >= 0.3 is 6.09 Å². The lowest BCUT2D eigenvalue weighted by atomic mass is 10.0. The normalized spacial score (nSPS) is 29.5. The monoisotopic (exact) mass is 410 g/mol. The van der Waals surface area contributed by atoms with E-state index in [1.807, 2.05) is 30.3 Å². The predicted octanol–water partition coefficient (Wildman–Crippen LogP) is 4.53. The molecule has 2 bridgehead atoms. The van der Waals surface area contributed by atoms with Gasteiger partial charge < -0.3 is 14.8 Å². The fourth-order valence-corrected chi connectivity index (χ4v) is 5.74. The molecule has 3 aliphatic heterocycles. The van der Waals surface area contributed by atoms with Crippen molar-refractivity contribution in [2.75, 3.05) is 5.32 Å². The van der Waals surface area contributed by atoms with E-state index in [-0.39, 0.29) is 36.2 Å². The number of carbonyl (C=O) groups excluding carboxylic acids is 1. The fourth-order valence-electron chi connectivity index (χ4n) is 4.65. The van der Waals surface area contributed by atoms with Crippen molar-refractivity contribution in [2.45, 2.75) is 43.2 Å². The number of amides is 1. The standard InChI is InChI=1S/C22H19FN2O3S/c23-12-5-6-15(14(8-12)19-7-11-3-1-2-4-18(11)29-19)25-22(26)27-13-9-16-20-21(28-20)17(10-13)24-16/h1-8,13,16-17,20-21,24H,9-10H2,(H,25,26)/t13-,16-,17?,20-,21+/m1/s1. The number of anilines is 1. The van der Waals surface area contributed by atoms with Crippen LogP contribution in [-0.2, 0) is 9.47 Å². The summed E-state index contributed by atoms with van der Waals surface area (Å²) in [6.45, 7) is 0. The molecule has 1 unspecified atom stereocenters. The van der Waals surface area contributed by atoms with E-state index in [0.717, 1.165) is 27.8 Å². The van der Waals surface area contributed by atoms with Crippen LogP contribution in [0.4, 0.5) is 14.9 Å². The van der Waals surface area contributed by atoms with E-state index in [2.05, 4.69) is 10.6 Å². The first-order valence-corrected chi connectivity index (χ1v) is 10.6. The number of ether oxygens (including phenoxy) is 2. The molecule has 6 rings (SSSR count). The van der Waals surface area contributed by atoms with Gasteiger partial charge in [0.1, 0.15) is 24.1 Å². The Morgan fingerprint density at radius 2 is 1.93 bits per heavy atom. The van der Waals surface area contributed by atoms with Crippen LogP contribution in [0.3, 0.4) is 0 Å². The van der Waals surface area contributed by atoms with Gasteiger partial charge in [-0.1, -0.05) is 18.2 Å². The molecule has 0 radical (unpaired) electrons. The Bertz CT molecular complexity index is 1070.